The molecule has 2 aliphatic rings. The SMILES string of the molecule is CCC1CC2CN(C)CCC2O1. The van der Waals surface area contributed by atoms with E-state index in [-0.39, 0.29) is 0 Å². The summed E-state index contributed by atoms with van der Waals surface area (Å²) in [5.74, 6) is 0.827. The maximum Gasteiger partial charge on any atom is 0.0632 e. The molecule has 0 N–H and O–H groups in total. The topological polar surface area (TPSA) is 12.5 Å². The third kappa shape index (κ3) is 1.50. The van der Waals surface area contributed by atoms with Gasteiger partial charge in [-0.3, -0.25) is 0 Å². The van der Waals surface area contributed by atoms with Crippen LogP contribution in [0.15, 0.2) is 0 Å². The Bertz CT molecular complexity index is 160. The van der Waals surface area contributed by atoms with Crippen LogP contribution in [0.1, 0.15) is 26.2 Å². The number of fused-ring (bicyclic) bond motifs is 1. The lowest BCUT2D eigenvalue weighted by molar-refractivity contribution is 0.00472. The molecule has 0 radical (unpaired) electrons. The fraction of sp³-hybridized carbons (Fsp3) is 1.00. The molecule has 0 bridgehead atoms. The van der Waals surface area contributed by atoms with Gasteiger partial charge in [0, 0.05) is 19.0 Å². The highest BCUT2D eigenvalue weighted by Crippen LogP contribution is 2.33. The van der Waals surface area contributed by atoms with E-state index >= 15 is 0 Å². The molecule has 0 spiro atoms. The average molecular weight is 169 g/mol. The van der Waals surface area contributed by atoms with Crippen molar-refractivity contribution in [3.63, 3.8) is 0 Å². The van der Waals surface area contributed by atoms with Gasteiger partial charge >= 0.3 is 0 Å². The summed E-state index contributed by atoms with van der Waals surface area (Å²) in [6.07, 6.45) is 4.89. The quantitative estimate of drug-likeness (QED) is 0.590. The summed E-state index contributed by atoms with van der Waals surface area (Å²) in [6, 6.07) is 0. The van der Waals surface area contributed by atoms with Crippen LogP contribution in [0.25, 0.3) is 0 Å². The van der Waals surface area contributed by atoms with Crippen LogP contribution in [0.5, 0.6) is 0 Å². The smallest absolute Gasteiger partial charge is 0.0632 e. The normalized spacial score (nSPS) is 43.0. The predicted octanol–water partition coefficient (Wildman–Crippen LogP) is 1.51. The van der Waals surface area contributed by atoms with E-state index in [1.54, 1.807) is 0 Å². The summed E-state index contributed by atoms with van der Waals surface area (Å²) in [5, 5.41) is 0. The summed E-state index contributed by atoms with van der Waals surface area (Å²) in [6.45, 7) is 4.70. The van der Waals surface area contributed by atoms with Crippen molar-refractivity contribution in [1.82, 2.24) is 4.90 Å². The van der Waals surface area contributed by atoms with Gasteiger partial charge in [-0.1, -0.05) is 6.92 Å². The molecular weight excluding hydrogens is 150 g/mol. The maximum atomic E-state index is 5.94. The van der Waals surface area contributed by atoms with Crippen molar-refractivity contribution in [2.24, 2.45) is 5.92 Å². The van der Waals surface area contributed by atoms with Crippen LogP contribution in [0.2, 0.25) is 0 Å². The molecule has 2 saturated heterocycles. The third-order valence-electron chi connectivity index (χ3n) is 3.26. The Morgan fingerprint density at radius 1 is 1.50 bits per heavy atom. The number of hydrogen-bond acceptors (Lipinski definition) is 2. The summed E-state index contributed by atoms with van der Waals surface area (Å²) in [7, 11) is 2.22. The Balaban J connectivity index is 1.93. The van der Waals surface area contributed by atoms with E-state index < -0.39 is 0 Å². The van der Waals surface area contributed by atoms with Gasteiger partial charge in [-0.15, -0.1) is 0 Å². The van der Waals surface area contributed by atoms with Gasteiger partial charge in [0.05, 0.1) is 12.2 Å². The molecule has 0 aliphatic carbocycles. The van der Waals surface area contributed by atoms with Crippen LogP contribution in [-0.2, 0) is 4.74 Å². The summed E-state index contributed by atoms with van der Waals surface area (Å²) >= 11 is 0. The van der Waals surface area contributed by atoms with Gasteiger partial charge in [0.1, 0.15) is 0 Å². The van der Waals surface area contributed by atoms with Crippen molar-refractivity contribution in [2.75, 3.05) is 20.1 Å². The molecule has 12 heavy (non-hydrogen) atoms. The Kier molecular flexibility index (Phi) is 2.37. The number of likely N-dealkylation sites (tertiary alicyclic amines) is 1. The average Bonchev–Trinajstić information content (AvgIpc) is 2.46. The van der Waals surface area contributed by atoms with Crippen molar-refractivity contribution in [3.05, 3.63) is 0 Å². The van der Waals surface area contributed by atoms with Crippen LogP contribution in [0.4, 0.5) is 0 Å². The molecule has 3 atom stereocenters. The lowest BCUT2D eigenvalue weighted by Crippen LogP contribution is -2.38. The molecule has 2 heterocycles. The van der Waals surface area contributed by atoms with Crippen LogP contribution < -0.4 is 0 Å². The van der Waals surface area contributed by atoms with Gasteiger partial charge < -0.3 is 9.64 Å². The summed E-state index contributed by atoms with van der Waals surface area (Å²) < 4.78 is 5.94. The number of rotatable bonds is 1. The van der Waals surface area contributed by atoms with Crippen molar-refractivity contribution >= 4 is 0 Å². The van der Waals surface area contributed by atoms with Crippen molar-refractivity contribution < 1.29 is 4.74 Å². The van der Waals surface area contributed by atoms with Crippen LogP contribution in [0.3, 0.4) is 0 Å². The van der Waals surface area contributed by atoms with Gasteiger partial charge in [-0.2, -0.15) is 0 Å². The minimum Gasteiger partial charge on any atom is -0.375 e. The molecule has 0 saturated carbocycles. The lowest BCUT2D eigenvalue weighted by atomic mass is 9.93. The molecular formula is C10H19NO. The number of ether oxygens (including phenoxy) is 1. The molecule has 2 heteroatoms. The first-order valence-electron chi connectivity index (χ1n) is 5.13. The second-order valence-corrected chi connectivity index (χ2v) is 4.25. The zero-order valence-corrected chi connectivity index (χ0v) is 8.12. The highest BCUT2D eigenvalue weighted by molar-refractivity contribution is 4.87. The first kappa shape index (κ1) is 8.52. The van der Waals surface area contributed by atoms with Gasteiger partial charge in [0.15, 0.2) is 0 Å². The molecule has 2 fully saturated rings. The summed E-state index contributed by atoms with van der Waals surface area (Å²) in [5.41, 5.74) is 0. The Morgan fingerprint density at radius 3 is 3.08 bits per heavy atom. The molecule has 0 amide bonds. The van der Waals surface area contributed by atoms with Crippen molar-refractivity contribution in [3.8, 4) is 0 Å². The fourth-order valence-corrected chi connectivity index (χ4v) is 2.50. The zero-order valence-electron chi connectivity index (χ0n) is 8.12. The molecule has 0 aromatic heterocycles. The highest BCUT2D eigenvalue weighted by atomic mass is 16.5. The molecule has 2 aliphatic heterocycles. The largest absolute Gasteiger partial charge is 0.375 e. The number of hydrogen-bond donors (Lipinski definition) is 0. The van der Waals surface area contributed by atoms with Crippen molar-refractivity contribution in [1.29, 1.82) is 0 Å². The fourth-order valence-electron chi connectivity index (χ4n) is 2.50. The maximum absolute atomic E-state index is 5.94. The van der Waals surface area contributed by atoms with E-state index in [0.29, 0.717) is 12.2 Å². The summed E-state index contributed by atoms with van der Waals surface area (Å²) in [4.78, 5) is 2.43. The molecule has 2 rings (SSSR count). The minimum absolute atomic E-state index is 0.562. The standard InChI is InChI=1S/C10H19NO/c1-3-9-6-8-7-11(2)5-4-10(8)12-9/h8-10H,3-7H2,1-2H3. The lowest BCUT2D eigenvalue weighted by Gasteiger charge is -2.31. The first-order chi connectivity index (χ1) is 5.79. The van der Waals surface area contributed by atoms with Crippen LogP contribution >= 0.6 is 0 Å². The van der Waals surface area contributed by atoms with E-state index in [9.17, 15) is 0 Å². The first-order valence-corrected chi connectivity index (χ1v) is 5.13. The minimum atomic E-state index is 0.562. The molecule has 2 nitrogen and oxygen atoms in total. The van der Waals surface area contributed by atoms with E-state index in [1.165, 1.54) is 32.4 Å². The van der Waals surface area contributed by atoms with Gasteiger partial charge in [0.2, 0.25) is 0 Å². The third-order valence-corrected chi connectivity index (χ3v) is 3.26. The van der Waals surface area contributed by atoms with E-state index in [0.717, 1.165) is 5.92 Å². The molecule has 3 unspecified atom stereocenters. The van der Waals surface area contributed by atoms with E-state index in [4.69, 9.17) is 4.74 Å². The van der Waals surface area contributed by atoms with Gasteiger partial charge in [0.25, 0.3) is 0 Å². The Hall–Kier alpha value is -0.0800. The second-order valence-electron chi connectivity index (χ2n) is 4.25. The number of piperidine rings is 1. The van der Waals surface area contributed by atoms with Crippen molar-refractivity contribution in [2.45, 2.75) is 38.4 Å². The van der Waals surface area contributed by atoms with E-state index in [2.05, 4.69) is 18.9 Å². The molecule has 70 valence electrons. The van der Waals surface area contributed by atoms with Gasteiger partial charge in [-0.05, 0) is 26.3 Å². The van der Waals surface area contributed by atoms with Crippen LogP contribution in [0, 0.1) is 5.92 Å². The highest BCUT2D eigenvalue weighted by Gasteiger charge is 2.37. The molecule has 0 aromatic rings. The number of nitrogens with zero attached hydrogens (tertiary/aromatic N) is 1. The monoisotopic (exact) mass is 169 g/mol. The second kappa shape index (κ2) is 3.35. The van der Waals surface area contributed by atoms with Crippen LogP contribution in [-0.4, -0.2) is 37.2 Å². The molecule has 0 aromatic carbocycles. The Labute approximate surface area is 74.9 Å². The van der Waals surface area contributed by atoms with Gasteiger partial charge in [-0.25, -0.2) is 0 Å². The van der Waals surface area contributed by atoms with E-state index in [1.807, 2.05) is 0 Å². The Morgan fingerprint density at radius 2 is 2.33 bits per heavy atom. The predicted molar refractivity (Wildman–Crippen MR) is 49.2 cm³/mol. The zero-order chi connectivity index (χ0) is 8.55.